The fourth-order valence-electron chi connectivity index (χ4n) is 9.41. The number of pyridine rings is 1. The minimum atomic E-state index is -0.920. The van der Waals surface area contributed by atoms with Crippen LogP contribution in [0.1, 0.15) is 97.6 Å². The van der Waals surface area contributed by atoms with E-state index in [4.69, 9.17) is 9.47 Å². The number of hydrogen-bond donors (Lipinski definition) is 2. The molecular formula is C41H53N3O5. The first-order valence-electron chi connectivity index (χ1n) is 18.1. The summed E-state index contributed by atoms with van der Waals surface area (Å²) >= 11 is 0. The lowest BCUT2D eigenvalue weighted by Crippen LogP contribution is -2.53. The Morgan fingerprint density at radius 1 is 0.939 bits per heavy atom. The zero-order valence-electron chi connectivity index (χ0n) is 30.0. The highest BCUT2D eigenvalue weighted by Gasteiger charge is 2.57. The van der Waals surface area contributed by atoms with Crippen molar-refractivity contribution >= 4 is 23.5 Å². The highest BCUT2D eigenvalue weighted by molar-refractivity contribution is 5.89. The second kappa shape index (κ2) is 13.8. The molecule has 8 nitrogen and oxygen atoms in total. The molecule has 1 heterocycles. The molecule has 8 heteroatoms. The molecule has 2 N–H and O–H groups in total. The number of esters is 1. The molecule has 4 aliphatic rings. The maximum absolute atomic E-state index is 13.4. The maximum atomic E-state index is 13.4. The van der Waals surface area contributed by atoms with Gasteiger partial charge in [0.25, 0.3) is 0 Å². The molecule has 1 aromatic heterocycles. The van der Waals surface area contributed by atoms with Gasteiger partial charge in [-0.2, -0.15) is 0 Å². The molecule has 2 fully saturated rings. The van der Waals surface area contributed by atoms with Crippen LogP contribution in [-0.2, 0) is 25.5 Å². The minimum Gasteiger partial charge on any atom is -0.461 e. The molecule has 49 heavy (non-hydrogen) atoms. The number of rotatable bonds is 8. The SMILES string of the molecule is CC(NC(=O)C(Cc1ccccc1)NC(=O)OC(C)(C)C)C(=O)O[C@H]1CC[C@@]2(C)C(=CC[C@@H]3[C@@H]2CC[C@]2(C)C(c4cccnc4)=CC[C@@H]32)C1. The predicted octanol–water partition coefficient (Wildman–Crippen LogP) is 7.59. The lowest BCUT2D eigenvalue weighted by molar-refractivity contribution is -0.154. The average molecular weight is 668 g/mol. The fraction of sp³-hybridized carbons (Fsp3) is 0.561. The number of fused-ring (bicyclic) bond motifs is 5. The molecule has 262 valence electrons. The highest BCUT2D eigenvalue weighted by Crippen LogP contribution is 2.66. The number of nitrogens with zero attached hydrogens (tertiary/aromatic N) is 1. The third-order valence-electron chi connectivity index (χ3n) is 11.9. The lowest BCUT2D eigenvalue weighted by Gasteiger charge is -2.57. The van der Waals surface area contributed by atoms with Crippen molar-refractivity contribution in [2.45, 2.75) is 117 Å². The molecular weight excluding hydrogens is 614 g/mol. The van der Waals surface area contributed by atoms with Gasteiger partial charge in [-0.3, -0.25) is 9.78 Å². The number of amides is 2. The zero-order valence-corrected chi connectivity index (χ0v) is 30.0. The normalized spacial score (nSPS) is 30.2. The van der Waals surface area contributed by atoms with Crippen molar-refractivity contribution in [2.75, 3.05) is 0 Å². The Morgan fingerprint density at radius 3 is 2.41 bits per heavy atom. The molecule has 0 radical (unpaired) electrons. The van der Waals surface area contributed by atoms with Gasteiger partial charge >= 0.3 is 12.1 Å². The fourth-order valence-corrected chi connectivity index (χ4v) is 9.41. The lowest BCUT2D eigenvalue weighted by atomic mass is 9.47. The summed E-state index contributed by atoms with van der Waals surface area (Å²) in [6.07, 6.45) is 15.3. The molecule has 0 bridgehead atoms. The van der Waals surface area contributed by atoms with Crippen LogP contribution in [-0.4, -0.2) is 46.7 Å². The number of benzene rings is 1. The number of alkyl carbamates (subject to hydrolysis) is 1. The number of ether oxygens (including phenoxy) is 2. The van der Waals surface area contributed by atoms with E-state index >= 15 is 0 Å². The molecule has 2 unspecified atom stereocenters. The standard InChI is InChI=1S/C41H53N3O5/c1-26(43-36(45)35(23-27-11-8-7-9-12-27)44-38(47)49-39(2,3)4)37(46)48-30-18-20-40(5)29(24-30)14-15-31-33-17-16-32(28-13-10-22-42-25-28)41(33,6)21-19-34(31)40/h7-14,16,22,25-26,30-31,33-35H,15,17-21,23-24H2,1-6H3,(H,43,45)(H,44,47)/t26?,30-,31-,33-,34-,35?,40-,41+/m0/s1. The Balaban J connectivity index is 1.07. The number of carbonyl (C=O) groups is 3. The molecule has 4 aliphatic carbocycles. The van der Waals surface area contributed by atoms with Crippen molar-refractivity contribution in [2.24, 2.45) is 28.6 Å². The van der Waals surface area contributed by atoms with Crippen molar-refractivity contribution in [3.05, 3.63) is 83.7 Å². The Hall–Kier alpha value is -3.94. The van der Waals surface area contributed by atoms with Gasteiger partial charge in [-0.25, -0.2) is 9.59 Å². The average Bonchev–Trinajstić information content (AvgIpc) is 3.42. The van der Waals surface area contributed by atoms with Crippen LogP contribution in [0, 0.1) is 28.6 Å². The largest absolute Gasteiger partial charge is 0.461 e. The quantitative estimate of drug-likeness (QED) is 0.222. The Kier molecular flexibility index (Phi) is 9.80. The summed E-state index contributed by atoms with van der Waals surface area (Å²) in [7, 11) is 0. The molecule has 1 aromatic carbocycles. The molecule has 0 spiro atoms. The summed E-state index contributed by atoms with van der Waals surface area (Å²) in [4.78, 5) is 43.8. The van der Waals surface area contributed by atoms with E-state index in [1.54, 1.807) is 27.7 Å². The number of carbonyl (C=O) groups excluding carboxylic acids is 3. The number of allylic oxidation sites excluding steroid dienone is 3. The Morgan fingerprint density at radius 2 is 1.69 bits per heavy atom. The monoisotopic (exact) mass is 667 g/mol. The topological polar surface area (TPSA) is 107 Å². The van der Waals surface area contributed by atoms with Crippen LogP contribution in [0.4, 0.5) is 4.79 Å². The van der Waals surface area contributed by atoms with Gasteiger partial charge in [0.05, 0.1) is 0 Å². The predicted molar refractivity (Wildman–Crippen MR) is 190 cm³/mol. The molecule has 2 aromatic rings. The third-order valence-corrected chi connectivity index (χ3v) is 11.9. The van der Waals surface area contributed by atoms with E-state index < -0.39 is 35.7 Å². The molecule has 2 amide bonds. The van der Waals surface area contributed by atoms with Gasteiger partial charge in [-0.1, -0.05) is 68.0 Å². The van der Waals surface area contributed by atoms with Crippen LogP contribution in [0.15, 0.2) is 72.6 Å². The van der Waals surface area contributed by atoms with Gasteiger partial charge in [-0.05, 0) is 118 Å². The summed E-state index contributed by atoms with van der Waals surface area (Å²) in [6.45, 7) is 11.9. The van der Waals surface area contributed by atoms with Gasteiger partial charge in [0.1, 0.15) is 23.8 Å². The van der Waals surface area contributed by atoms with Crippen molar-refractivity contribution in [3.8, 4) is 0 Å². The van der Waals surface area contributed by atoms with Crippen LogP contribution < -0.4 is 10.6 Å². The van der Waals surface area contributed by atoms with Gasteiger partial charge in [0.2, 0.25) is 5.91 Å². The Bertz CT molecular complexity index is 1600. The first-order chi connectivity index (χ1) is 23.3. The van der Waals surface area contributed by atoms with E-state index in [2.05, 4.69) is 47.7 Å². The van der Waals surface area contributed by atoms with E-state index in [-0.39, 0.29) is 23.4 Å². The molecule has 0 aliphatic heterocycles. The van der Waals surface area contributed by atoms with Crippen molar-refractivity contribution in [3.63, 3.8) is 0 Å². The molecule has 0 saturated heterocycles. The van der Waals surface area contributed by atoms with E-state index in [1.165, 1.54) is 29.6 Å². The van der Waals surface area contributed by atoms with Crippen molar-refractivity contribution in [1.82, 2.24) is 15.6 Å². The van der Waals surface area contributed by atoms with Crippen LogP contribution in [0.3, 0.4) is 0 Å². The van der Waals surface area contributed by atoms with Crippen LogP contribution in [0.2, 0.25) is 0 Å². The van der Waals surface area contributed by atoms with Crippen LogP contribution in [0.25, 0.3) is 5.57 Å². The number of aromatic nitrogens is 1. The van der Waals surface area contributed by atoms with E-state index in [0.29, 0.717) is 17.8 Å². The summed E-state index contributed by atoms with van der Waals surface area (Å²) in [5, 5.41) is 5.49. The Labute approximate surface area is 291 Å². The summed E-state index contributed by atoms with van der Waals surface area (Å²) in [5.41, 5.74) is 4.64. The molecule has 8 atom stereocenters. The van der Waals surface area contributed by atoms with Gasteiger partial charge < -0.3 is 20.1 Å². The second-order valence-corrected chi connectivity index (χ2v) is 16.2. The highest BCUT2D eigenvalue weighted by atomic mass is 16.6. The second-order valence-electron chi connectivity index (χ2n) is 16.2. The summed E-state index contributed by atoms with van der Waals surface area (Å²) in [5.74, 6) is 0.979. The molecule has 6 rings (SSSR count). The number of hydrogen-bond acceptors (Lipinski definition) is 6. The van der Waals surface area contributed by atoms with E-state index in [9.17, 15) is 14.4 Å². The van der Waals surface area contributed by atoms with Gasteiger partial charge in [0.15, 0.2) is 0 Å². The smallest absolute Gasteiger partial charge is 0.408 e. The van der Waals surface area contributed by atoms with E-state index in [0.717, 1.165) is 37.7 Å². The van der Waals surface area contributed by atoms with Crippen LogP contribution >= 0.6 is 0 Å². The van der Waals surface area contributed by atoms with E-state index in [1.807, 2.05) is 48.8 Å². The van der Waals surface area contributed by atoms with Crippen LogP contribution in [0.5, 0.6) is 0 Å². The minimum absolute atomic E-state index is 0.113. The van der Waals surface area contributed by atoms with Gasteiger partial charge in [-0.15, -0.1) is 0 Å². The van der Waals surface area contributed by atoms with Crippen molar-refractivity contribution in [1.29, 1.82) is 0 Å². The number of nitrogens with one attached hydrogen (secondary N) is 2. The summed E-state index contributed by atoms with van der Waals surface area (Å²) in [6, 6.07) is 11.9. The summed E-state index contributed by atoms with van der Waals surface area (Å²) < 4.78 is 11.5. The molecule has 2 saturated carbocycles. The first-order valence-corrected chi connectivity index (χ1v) is 18.1. The maximum Gasteiger partial charge on any atom is 0.408 e. The van der Waals surface area contributed by atoms with Gasteiger partial charge in [0, 0.05) is 25.2 Å². The zero-order chi connectivity index (χ0) is 35.0. The van der Waals surface area contributed by atoms with Crippen molar-refractivity contribution < 1.29 is 23.9 Å². The first kappa shape index (κ1) is 34.9. The third kappa shape index (κ3) is 7.34.